The van der Waals surface area contributed by atoms with Crippen molar-refractivity contribution >= 4 is 38.8 Å². The van der Waals surface area contributed by atoms with Crippen molar-refractivity contribution in [2.45, 2.75) is 13.5 Å². The van der Waals surface area contributed by atoms with Crippen LogP contribution in [-0.4, -0.2) is 39.8 Å². The minimum Gasteiger partial charge on any atom is -0.321 e. The molecular formula is C17H17N5O4S. The number of nitrogens with zero attached hydrogens (tertiary/aromatic N) is 3. The number of aromatic amines is 1. The van der Waals surface area contributed by atoms with E-state index in [0.717, 1.165) is 11.3 Å². The van der Waals surface area contributed by atoms with Crippen molar-refractivity contribution in [1.82, 2.24) is 14.9 Å². The number of fused-ring (bicyclic) bond motifs is 1. The van der Waals surface area contributed by atoms with Gasteiger partial charge in [-0.3, -0.25) is 19.7 Å². The fourth-order valence-electron chi connectivity index (χ4n) is 2.66. The highest BCUT2D eigenvalue weighted by Crippen LogP contribution is 2.28. The van der Waals surface area contributed by atoms with Crippen LogP contribution < -0.4 is 10.9 Å². The van der Waals surface area contributed by atoms with Gasteiger partial charge in [-0.1, -0.05) is 6.07 Å². The van der Waals surface area contributed by atoms with Gasteiger partial charge in [0.1, 0.15) is 10.7 Å². The maximum atomic E-state index is 12.6. The number of nitrogens with one attached hydrogen (secondary N) is 2. The lowest BCUT2D eigenvalue weighted by molar-refractivity contribution is -0.384. The molecule has 0 saturated carbocycles. The molecule has 0 aliphatic heterocycles. The van der Waals surface area contributed by atoms with Crippen LogP contribution in [0.4, 0.5) is 11.4 Å². The Morgan fingerprint density at radius 1 is 1.41 bits per heavy atom. The minimum absolute atomic E-state index is 0.118. The Kier molecular flexibility index (Phi) is 5.02. The number of hydrogen-bond acceptors (Lipinski definition) is 7. The third-order valence-corrected chi connectivity index (χ3v) is 5.02. The van der Waals surface area contributed by atoms with E-state index in [2.05, 4.69) is 15.3 Å². The summed E-state index contributed by atoms with van der Waals surface area (Å²) in [7, 11) is 3.73. The number of non-ortho nitro benzene ring substituents is 1. The number of thiophene rings is 1. The van der Waals surface area contributed by atoms with Gasteiger partial charge in [-0.15, -0.1) is 11.3 Å². The monoisotopic (exact) mass is 387 g/mol. The average Bonchev–Trinajstić information content (AvgIpc) is 2.91. The SMILES string of the molecule is Cc1c(C(=O)Nc2cccc([N+](=O)[O-])c2)sc2nc(CN(C)C)[nH]c(=O)c12. The van der Waals surface area contributed by atoms with Crippen LogP contribution >= 0.6 is 11.3 Å². The van der Waals surface area contributed by atoms with Crippen LogP contribution in [0.5, 0.6) is 0 Å². The molecule has 1 aromatic carbocycles. The number of aryl methyl sites for hydroxylation is 1. The zero-order valence-electron chi connectivity index (χ0n) is 14.9. The molecule has 3 aromatic rings. The second kappa shape index (κ2) is 7.25. The molecule has 0 unspecified atom stereocenters. The summed E-state index contributed by atoms with van der Waals surface area (Å²) < 4.78 is 0. The molecule has 0 radical (unpaired) electrons. The smallest absolute Gasteiger partial charge is 0.271 e. The van der Waals surface area contributed by atoms with Gasteiger partial charge in [-0.25, -0.2) is 4.98 Å². The summed E-state index contributed by atoms with van der Waals surface area (Å²) in [6, 6.07) is 5.68. The summed E-state index contributed by atoms with van der Waals surface area (Å²) in [4.78, 5) is 45.3. The Hall–Kier alpha value is -3.11. The normalized spacial score (nSPS) is 11.1. The number of carbonyl (C=O) groups is 1. The van der Waals surface area contributed by atoms with E-state index in [0.29, 0.717) is 38.7 Å². The number of benzene rings is 1. The van der Waals surface area contributed by atoms with Crippen molar-refractivity contribution in [2.24, 2.45) is 0 Å². The number of anilines is 1. The quantitative estimate of drug-likeness (QED) is 0.512. The van der Waals surface area contributed by atoms with Gasteiger partial charge in [0.15, 0.2) is 0 Å². The van der Waals surface area contributed by atoms with Gasteiger partial charge in [-0.05, 0) is 32.6 Å². The van der Waals surface area contributed by atoms with Crippen LogP contribution in [0.2, 0.25) is 0 Å². The van der Waals surface area contributed by atoms with Crippen LogP contribution in [0.15, 0.2) is 29.1 Å². The van der Waals surface area contributed by atoms with Gasteiger partial charge in [0.25, 0.3) is 17.2 Å². The third kappa shape index (κ3) is 3.86. The number of amides is 1. The number of carbonyl (C=O) groups excluding carboxylic acids is 1. The molecule has 3 rings (SSSR count). The lowest BCUT2D eigenvalue weighted by Gasteiger charge is -2.07. The third-order valence-electron chi connectivity index (χ3n) is 3.84. The van der Waals surface area contributed by atoms with Crippen LogP contribution in [0, 0.1) is 17.0 Å². The molecule has 0 spiro atoms. The summed E-state index contributed by atoms with van der Waals surface area (Å²) in [6.07, 6.45) is 0. The van der Waals surface area contributed by atoms with Crippen molar-refractivity contribution in [3.63, 3.8) is 0 Å². The van der Waals surface area contributed by atoms with Crippen molar-refractivity contribution in [2.75, 3.05) is 19.4 Å². The Labute approximate surface area is 157 Å². The van der Waals surface area contributed by atoms with Gasteiger partial charge in [-0.2, -0.15) is 0 Å². The first kappa shape index (κ1) is 18.7. The summed E-state index contributed by atoms with van der Waals surface area (Å²) in [5.41, 5.74) is 0.427. The van der Waals surface area contributed by atoms with Gasteiger partial charge in [0.2, 0.25) is 0 Å². The fraction of sp³-hybridized carbons (Fsp3) is 0.235. The number of rotatable bonds is 5. The van der Waals surface area contributed by atoms with Crippen molar-refractivity contribution in [3.8, 4) is 0 Å². The predicted octanol–water partition coefficient (Wildman–Crippen LogP) is 2.52. The maximum absolute atomic E-state index is 12.6. The lowest BCUT2D eigenvalue weighted by Crippen LogP contribution is -2.18. The van der Waals surface area contributed by atoms with Crippen molar-refractivity contribution in [3.05, 3.63) is 61.0 Å². The van der Waals surface area contributed by atoms with E-state index in [1.807, 2.05) is 19.0 Å². The molecule has 2 N–H and O–H groups in total. The van der Waals surface area contributed by atoms with E-state index < -0.39 is 10.8 Å². The first-order valence-corrected chi connectivity index (χ1v) is 8.80. The molecule has 0 aliphatic rings. The standard InChI is InChI=1S/C17H17N5O4S/c1-9-13-15(23)19-12(8-21(2)3)20-17(13)27-14(9)16(24)18-10-5-4-6-11(7-10)22(25)26/h4-7H,8H2,1-3H3,(H,18,24)(H,19,20,23). The summed E-state index contributed by atoms with van der Waals surface area (Å²) in [6.45, 7) is 2.15. The molecular weight excluding hydrogens is 370 g/mol. The van der Waals surface area contributed by atoms with E-state index in [4.69, 9.17) is 0 Å². The number of hydrogen-bond donors (Lipinski definition) is 2. The Bertz CT molecular complexity index is 1100. The topological polar surface area (TPSA) is 121 Å². The molecule has 27 heavy (non-hydrogen) atoms. The molecule has 2 heterocycles. The van der Waals surface area contributed by atoms with E-state index in [1.165, 1.54) is 18.2 Å². The van der Waals surface area contributed by atoms with E-state index >= 15 is 0 Å². The van der Waals surface area contributed by atoms with Crippen molar-refractivity contribution in [1.29, 1.82) is 0 Å². The molecule has 0 bridgehead atoms. The highest BCUT2D eigenvalue weighted by atomic mass is 32.1. The van der Waals surface area contributed by atoms with Crippen LogP contribution in [-0.2, 0) is 6.54 Å². The minimum atomic E-state index is -0.532. The molecule has 9 nitrogen and oxygen atoms in total. The zero-order chi connectivity index (χ0) is 19.7. The van der Waals surface area contributed by atoms with Gasteiger partial charge in [0, 0.05) is 17.8 Å². The average molecular weight is 387 g/mol. The number of aromatic nitrogens is 2. The highest BCUT2D eigenvalue weighted by Gasteiger charge is 2.20. The maximum Gasteiger partial charge on any atom is 0.271 e. The van der Waals surface area contributed by atoms with E-state index in [9.17, 15) is 19.7 Å². The largest absolute Gasteiger partial charge is 0.321 e. The molecule has 0 fully saturated rings. The highest BCUT2D eigenvalue weighted by molar-refractivity contribution is 7.20. The molecule has 0 aliphatic carbocycles. The molecule has 10 heteroatoms. The second-order valence-electron chi connectivity index (χ2n) is 6.25. The Morgan fingerprint density at radius 3 is 2.81 bits per heavy atom. The molecule has 140 valence electrons. The molecule has 0 atom stereocenters. The predicted molar refractivity (Wildman–Crippen MR) is 103 cm³/mol. The number of nitro groups is 1. The van der Waals surface area contributed by atoms with Crippen LogP contribution in [0.3, 0.4) is 0 Å². The number of nitro benzene ring substituents is 1. The molecule has 1 amide bonds. The summed E-state index contributed by atoms with van der Waals surface area (Å²) in [5.74, 6) is 0.0777. The molecule has 2 aromatic heterocycles. The molecule has 0 saturated heterocycles. The lowest BCUT2D eigenvalue weighted by atomic mass is 10.2. The van der Waals surface area contributed by atoms with Gasteiger partial charge < -0.3 is 15.2 Å². The van der Waals surface area contributed by atoms with E-state index in [1.54, 1.807) is 13.0 Å². The Balaban J connectivity index is 1.96. The Morgan fingerprint density at radius 2 is 2.15 bits per heavy atom. The first-order valence-electron chi connectivity index (χ1n) is 7.99. The zero-order valence-corrected chi connectivity index (χ0v) is 15.7. The van der Waals surface area contributed by atoms with E-state index in [-0.39, 0.29) is 11.2 Å². The van der Waals surface area contributed by atoms with Gasteiger partial charge >= 0.3 is 0 Å². The van der Waals surface area contributed by atoms with Crippen LogP contribution in [0.25, 0.3) is 10.2 Å². The second-order valence-corrected chi connectivity index (χ2v) is 7.25. The van der Waals surface area contributed by atoms with Crippen LogP contribution in [0.1, 0.15) is 21.1 Å². The summed E-state index contributed by atoms with van der Waals surface area (Å²) in [5, 5.41) is 13.9. The van der Waals surface area contributed by atoms with Gasteiger partial charge in [0.05, 0.1) is 21.7 Å². The number of H-pyrrole nitrogens is 1. The first-order chi connectivity index (χ1) is 12.8. The summed E-state index contributed by atoms with van der Waals surface area (Å²) >= 11 is 1.12. The fourth-order valence-corrected chi connectivity index (χ4v) is 3.76. The van der Waals surface area contributed by atoms with Crippen molar-refractivity contribution < 1.29 is 9.72 Å².